The number of rotatable bonds is 6. The zero-order chi connectivity index (χ0) is 13.0. The van der Waals surface area contributed by atoms with Gasteiger partial charge in [-0.1, -0.05) is 0 Å². The molecule has 98 valence electrons. The standard InChI is InChI=1S/C11H16N4O3/c1-17-6-7(4-5-16)13-9-3-2-8(12)10-11(9)15-18-14-10/h2-3,7,13,16H,4-6,12H2,1H3. The monoisotopic (exact) mass is 252 g/mol. The van der Waals surface area contributed by atoms with Crippen molar-refractivity contribution in [1.82, 2.24) is 10.3 Å². The molecule has 0 saturated carbocycles. The number of aliphatic hydroxyl groups excluding tert-OH is 1. The van der Waals surface area contributed by atoms with Crippen LogP contribution in [0.15, 0.2) is 16.8 Å². The Morgan fingerprint density at radius 1 is 1.44 bits per heavy atom. The Balaban J connectivity index is 2.24. The first-order chi connectivity index (χ1) is 8.76. The van der Waals surface area contributed by atoms with Gasteiger partial charge in [0.1, 0.15) is 0 Å². The van der Waals surface area contributed by atoms with Crippen molar-refractivity contribution in [2.75, 3.05) is 31.4 Å². The summed E-state index contributed by atoms with van der Waals surface area (Å²) in [5, 5.41) is 19.8. The molecule has 2 rings (SSSR count). The maximum absolute atomic E-state index is 9.00. The highest BCUT2D eigenvalue weighted by Crippen LogP contribution is 2.25. The van der Waals surface area contributed by atoms with Gasteiger partial charge < -0.3 is 20.9 Å². The summed E-state index contributed by atoms with van der Waals surface area (Å²) in [5.74, 6) is 0. The fourth-order valence-electron chi connectivity index (χ4n) is 1.78. The third-order valence-electron chi connectivity index (χ3n) is 2.65. The first-order valence-electron chi connectivity index (χ1n) is 5.63. The van der Waals surface area contributed by atoms with Crippen molar-refractivity contribution in [2.45, 2.75) is 12.5 Å². The van der Waals surface area contributed by atoms with Gasteiger partial charge in [0.05, 0.1) is 24.0 Å². The van der Waals surface area contributed by atoms with E-state index in [1.165, 1.54) is 0 Å². The van der Waals surface area contributed by atoms with E-state index in [9.17, 15) is 0 Å². The number of methoxy groups -OCH3 is 1. The van der Waals surface area contributed by atoms with Crippen molar-refractivity contribution in [3.05, 3.63) is 12.1 Å². The van der Waals surface area contributed by atoms with Crippen LogP contribution in [0.25, 0.3) is 11.0 Å². The summed E-state index contributed by atoms with van der Waals surface area (Å²) in [4.78, 5) is 0. The molecule has 4 N–H and O–H groups in total. The first-order valence-corrected chi connectivity index (χ1v) is 5.63. The van der Waals surface area contributed by atoms with Gasteiger partial charge in [0.2, 0.25) is 0 Å². The number of hydrogen-bond acceptors (Lipinski definition) is 7. The van der Waals surface area contributed by atoms with E-state index in [4.69, 9.17) is 15.6 Å². The molecule has 2 aromatic rings. The quantitative estimate of drug-likeness (QED) is 0.647. The zero-order valence-corrected chi connectivity index (χ0v) is 10.1. The van der Waals surface area contributed by atoms with Gasteiger partial charge in [-0.3, -0.25) is 0 Å². The summed E-state index contributed by atoms with van der Waals surface area (Å²) in [7, 11) is 1.61. The minimum Gasteiger partial charge on any atom is -0.397 e. The molecule has 1 aromatic carbocycles. The van der Waals surface area contributed by atoms with Crippen LogP contribution >= 0.6 is 0 Å². The maximum atomic E-state index is 9.00. The number of aromatic nitrogens is 2. The molecule has 0 saturated heterocycles. The summed E-state index contributed by atoms with van der Waals surface area (Å²) in [6, 6.07) is 3.53. The number of benzene rings is 1. The van der Waals surface area contributed by atoms with Gasteiger partial charge in [-0.2, -0.15) is 0 Å². The zero-order valence-electron chi connectivity index (χ0n) is 10.1. The van der Waals surface area contributed by atoms with Crippen molar-refractivity contribution in [3.63, 3.8) is 0 Å². The maximum Gasteiger partial charge on any atom is 0.160 e. The van der Waals surface area contributed by atoms with E-state index >= 15 is 0 Å². The number of anilines is 2. The van der Waals surface area contributed by atoms with Gasteiger partial charge >= 0.3 is 0 Å². The number of aliphatic hydroxyl groups is 1. The molecule has 18 heavy (non-hydrogen) atoms. The van der Waals surface area contributed by atoms with E-state index < -0.39 is 0 Å². The van der Waals surface area contributed by atoms with Crippen molar-refractivity contribution in [2.24, 2.45) is 0 Å². The van der Waals surface area contributed by atoms with E-state index in [0.717, 1.165) is 5.69 Å². The molecule has 7 heteroatoms. The summed E-state index contributed by atoms with van der Waals surface area (Å²) < 4.78 is 9.78. The highest BCUT2D eigenvalue weighted by atomic mass is 16.6. The van der Waals surface area contributed by atoms with E-state index in [2.05, 4.69) is 20.3 Å². The average Bonchev–Trinajstić information content (AvgIpc) is 2.83. The largest absolute Gasteiger partial charge is 0.397 e. The summed E-state index contributed by atoms with van der Waals surface area (Å²) in [5.41, 5.74) is 8.14. The molecule has 0 aliphatic rings. The van der Waals surface area contributed by atoms with Gasteiger partial charge in [-0.25, -0.2) is 4.63 Å². The third-order valence-corrected chi connectivity index (χ3v) is 2.65. The normalized spacial score (nSPS) is 12.8. The van der Waals surface area contributed by atoms with Gasteiger partial charge in [0, 0.05) is 13.7 Å². The number of ether oxygens (including phenoxy) is 1. The number of hydrogen-bond donors (Lipinski definition) is 3. The first kappa shape index (κ1) is 12.6. The van der Waals surface area contributed by atoms with Crippen LogP contribution in [0, 0.1) is 0 Å². The second-order valence-corrected chi connectivity index (χ2v) is 3.97. The Morgan fingerprint density at radius 3 is 2.94 bits per heavy atom. The topological polar surface area (TPSA) is 106 Å². The Kier molecular flexibility index (Phi) is 3.96. The van der Waals surface area contributed by atoms with Crippen LogP contribution < -0.4 is 11.1 Å². The number of nitrogens with two attached hydrogens (primary N) is 1. The molecular weight excluding hydrogens is 236 g/mol. The lowest BCUT2D eigenvalue weighted by molar-refractivity contribution is 0.170. The Morgan fingerprint density at radius 2 is 2.22 bits per heavy atom. The van der Waals surface area contributed by atoms with Crippen LogP contribution in [0.2, 0.25) is 0 Å². The van der Waals surface area contributed by atoms with Crippen molar-refractivity contribution in [1.29, 1.82) is 0 Å². The molecule has 0 radical (unpaired) electrons. The fourth-order valence-corrected chi connectivity index (χ4v) is 1.78. The number of fused-ring (bicyclic) bond motifs is 1. The molecule has 1 aromatic heterocycles. The van der Waals surface area contributed by atoms with Gasteiger partial charge in [0.15, 0.2) is 11.0 Å². The predicted octanol–water partition coefficient (Wildman–Crippen LogP) is 0.614. The van der Waals surface area contributed by atoms with Gasteiger partial charge in [-0.05, 0) is 28.9 Å². The van der Waals surface area contributed by atoms with Crippen LogP contribution in [0.5, 0.6) is 0 Å². The second kappa shape index (κ2) is 5.65. The Labute approximate surface area is 104 Å². The predicted molar refractivity (Wildman–Crippen MR) is 67.2 cm³/mol. The molecule has 0 amide bonds. The molecule has 1 atom stereocenters. The molecule has 1 unspecified atom stereocenters. The average molecular weight is 252 g/mol. The van der Waals surface area contributed by atoms with Crippen molar-refractivity contribution >= 4 is 22.4 Å². The van der Waals surface area contributed by atoms with Gasteiger partial charge in [-0.15, -0.1) is 0 Å². The molecule has 1 heterocycles. The SMILES string of the molecule is COCC(CCO)Nc1ccc(N)c2nonc12. The summed E-state index contributed by atoms with van der Waals surface area (Å²) in [6.45, 7) is 0.563. The van der Waals surface area contributed by atoms with E-state index in [1.807, 2.05) is 6.07 Å². The Bertz CT molecular complexity index is 508. The fraction of sp³-hybridized carbons (Fsp3) is 0.455. The molecule has 7 nitrogen and oxygen atoms in total. The molecule has 0 aliphatic heterocycles. The third kappa shape index (κ3) is 2.52. The van der Waals surface area contributed by atoms with Crippen molar-refractivity contribution in [3.8, 4) is 0 Å². The van der Waals surface area contributed by atoms with E-state index in [0.29, 0.717) is 29.7 Å². The van der Waals surface area contributed by atoms with Crippen LogP contribution in [-0.4, -0.2) is 41.8 Å². The van der Waals surface area contributed by atoms with Crippen LogP contribution in [-0.2, 0) is 4.74 Å². The second-order valence-electron chi connectivity index (χ2n) is 3.97. The lowest BCUT2D eigenvalue weighted by Crippen LogP contribution is -2.26. The minimum absolute atomic E-state index is 0.0106. The van der Waals surface area contributed by atoms with Crippen molar-refractivity contribution < 1.29 is 14.5 Å². The highest BCUT2D eigenvalue weighted by molar-refractivity contribution is 5.95. The van der Waals surface area contributed by atoms with E-state index in [1.54, 1.807) is 13.2 Å². The molecule has 0 fully saturated rings. The van der Waals surface area contributed by atoms with Gasteiger partial charge in [0.25, 0.3) is 0 Å². The van der Waals surface area contributed by atoms with Crippen LogP contribution in [0.1, 0.15) is 6.42 Å². The number of nitrogens with one attached hydrogen (secondary N) is 1. The number of nitrogens with zero attached hydrogens (tertiary/aromatic N) is 2. The summed E-state index contributed by atoms with van der Waals surface area (Å²) in [6.07, 6.45) is 0.574. The minimum atomic E-state index is -0.0106. The lowest BCUT2D eigenvalue weighted by atomic mass is 10.2. The number of nitrogen functional groups attached to an aromatic ring is 1. The lowest BCUT2D eigenvalue weighted by Gasteiger charge is -2.18. The smallest absolute Gasteiger partial charge is 0.160 e. The van der Waals surface area contributed by atoms with E-state index in [-0.39, 0.29) is 12.6 Å². The molecule has 0 spiro atoms. The molecule has 0 bridgehead atoms. The molecular formula is C11H16N4O3. The summed E-state index contributed by atoms with van der Waals surface area (Å²) >= 11 is 0. The molecule has 0 aliphatic carbocycles. The van der Waals surface area contributed by atoms with Crippen LogP contribution in [0.4, 0.5) is 11.4 Å². The van der Waals surface area contributed by atoms with Crippen LogP contribution in [0.3, 0.4) is 0 Å². The highest BCUT2D eigenvalue weighted by Gasteiger charge is 2.14. The Hall–Kier alpha value is -1.86.